The first-order valence-electron chi connectivity index (χ1n) is 11.0. The summed E-state index contributed by atoms with van der Waals surface area (Å²) in [6.45, 7) is 15.6. The van der Waals surface area contributed by atoms with Gasteiger partial charge in [0.2, 0.25) is 0 Å². The van der Waals surface area contributed by atoms with Gasteiger partial charge in [-0.25, -0.2) is 4.98 Å². The minimum absolute atomic E-state index is 0.112. The van der Waals surface area contributed by atoms with E-state index in [1.807, 2.05) is 6.20 Å². The molecule has 4 rings (SSSR count). The lowest BCUT2D eigenvalue weighted by atomic mass is 9.84. The summed E-state index contributed by atoms with van der Waals surface area (Å²) in [5.41, 5.74) is 11.3. The Hall–Kier alpha value is -3.13. The Kier molecular flexibility index (Phi) is 5.35. The van der Waals surface area contributed by atoms with Gasteiger partial charge in [0.15, 0.2) is 0 Å². The molecular formula is C29H32N2. The van der Waals surface area contributed by atoms with Crippen LogP contribution in [0.15, 0.2) is 66.9 Å². The Morgan fingerprint density at radius 1 is 0.710 bits per heavy atom. The summed E-state index contributed by atoms with van der Waals surface area (Å²) >= 11 is 0. The Morgan fingerprint density at radius 2 is 1.29 bits per heavy atom. The Bertz CT molecular complexity index is 1190. The summed E-state index contributed by atoms with van der Waals surface area (Å²) in [7, 11) is 0. The van der Waals surface area contributed by atoms with E-state index in [0.29, 0.717) is 0 Å². The molecular weight excluding hydrogens is 376 g/mol. The van der Waals surface area contributed by atoms with Crippen LogP contribution in [0.3, 0.4) is 0 Å². The molecule has 0 saturated heterocycles. The molecule has 0 fully saturated rings. The van der Waals surface area contributed by atoms with E-state index in [1.165, 1.54) is 39.1 Å². The molecule has 0 radical (unpaired) electrons. The Morgan fingerprint density at radius 3 is 1.84 bits per heavy atom. The van der Waals surface area contributed by atoms with E-state index in [9.17, 15) is 0 Å². The van der Waals surface area contributed by atoms with E-state index >= 15 is 0 Å². The zero-order valence-electron chi connectivity index (χ0n) is 19.7. The van der Waals surface area contributed by atoms with Crippen molar-refractivity contribution < 1.29 is 0 Å². The van der Waals surface area contributed by atoms with Crippen molar-refractivity contribution in [2.24, 2.45) is 0 Å². The van der Waals surface area contributed by atoms with Gasteiger partial charge in [-0.1, -0.05) is 81.4 Å². The summed E-state index contributed by atoms with van der Waals surface area (Å²) in [6.07, 6.45) is 2.04. The van der Waals surface area contributed by atoms with Crippen molar-refractivity contribution in [3.05, 3.63) is 94.7 Å². The van der Waals surface area contributed by atoms with E-state index in [2.05, 4.69) is 114 Å². The van der Waals surface area contributed by atoms with Crippen molar-refractivity contribution in [2.45, 2.75) is 53.9 Å². The lowest BCUT2D eigenvalue weighted by molar-refractivity contribution is 0.589. The highest BCUT2D eigenvalue weighted by Gasteiger charge is 2.22. The monoisotopic (exact) mass is 408 g/mol. The van der Waals surface area contributed by atoms with Crippen molar-refractivity contribution >= 4 is 0 Å². The number of imidazole rings is 1. The van der Waals surface area contributed by atoms with Crippen molar-refractivity contribution in [3.63, 3.8) is 0 Å². The first kappa shape index (κ1) is 21.1. The van der Waals surface area contributed by atoms with E-state index in [4.69, 9.17) is 4.98 Å². The molecule has 1 aromatic heterocycles. The zero-order chi connectivity index (χ0) is 22.3. The molecule has 4 aromatic rings. The molecule has 0 spiro atoms. The Labute approximate surface area is 186 Å². The van der Waals surface area contributed by atoms with Gasteiger partial charge in [-0.15, -0.1) is 0 Å². The quantitative estimate of drug-likeness (QED) is 0.339. The predicted octanol–water partition coefficient (Wildman–Crippen LogP) is 7.74. The minimum atomic E-state index is 0.112. The van der Waals surface area contributed by atoms with Crippen LogP contribution in [0.2, 0.25) is 0 Å². The molecule has 1 heterocycles. The maximum atomic E-state index is 4.94. The van der Waals surface area contributed by atoms with Crippen LogP contribution >= 0.6 is 0 Å². The topological polar surface area (TPSA) is 17.8 Å². The maximum absolute atomic E-state index is 4.94. The van der Waals surface area contributed by atoms with Crippen LogP contribution in [0.5, 0.6) is 0 Å². The van der Waals surface area contributed by atoms with Crippen LogP contribution in [0, 0.1) is 27.7 Å². The predicted molar refractivity (Wildman–Crippen MR) is 132 cm³/mol. The summed E-state index contributed by atoms with van der Waals surface area (Å²) in [5.74, 6) is 0.980. The van der Waals surface area contributed by atoms with Crippen LogP contribution in [0.25, 0.3) is 28.3 Å². The summed E-state index contributed by atoms with van der Waals surface area (Å²) in [5, 5.41) is 0. The third-order valence-electron chi connectivity index (χ3n) is 6.11. The number of hydrogen-bond acceptors (Lipinski definition) is 1. The molecule has 0 aliphatic rings. The molecule has 0 aliphatic heterocycles. The van der Waals surface area contributed by atoms with E-state index in [0.717, 1.165) is 17.1 Å². The molecule has 0 amide bonds. The van der Waals surface area contributed by atoms with Gasteiger partial charge in [-0.2, -0.15) is 0 Å². The van der Waals surface area contributed by atoms with Gasteiger partial charge in [-0.05, 0) is 60.9 Å². The van der Waals surface area contributed by atoms with Crippen LogP contribution in [0.1, 0.15) is 48.6 Å². The standard InChI is InChI=1S/C29H32N2/c1-19-12-11-13-20(2)26(19)25-18-30-28(23-14-9-8-10-15-23)31(25)27-21(3)16-24(17-22(27)4)29(5,6)7/h8-18H,1-7H3. The van der Waals surface area contributed by atoms with Gasteiger partial charge in [0.1, 0.15) is 5.82 Å². The highest BCUT2D eigenvalue weighted by atomic mass is 15.1. The number of hydrogen-bond donors (Lipinski definition) is 0. The second-order valence-corrected chi connectivity index (χ2v) is 9.64. The Balaban J connectivity index is 2.07. The fraction of sp³-hybridized carbons (Fsp3) is 0.276. The molecule has 0 atom stereocenters. The number of aromatic nitrogens is 2. The molecule has 2 nitrogen and oxygen atoms in total. The van der Waals surface area contributed by atoms with Gasteiger partial charge in [0.05, 0.1) is 17.6 Å². The maximum Gasteiger partial charge on any atom is 0.145 e. The highest BCUT2D eigenvalue weighted by Crippen LogP contribution is 2.37. The van der Waals surface area contributed by atoms with Gasteiger partial charge in [-0.3, -0.25) is 4.57 Å². The smallest absolute Gasteiger partial charge is 0.145 e. The lowest BCUT2D eigenvalue weighted by Crippen LogP contribution is -2.13. The average molecular weight is 409 g/mol. The van der Waals surface area contributed by atoms with Crippen molar-refractivity contribution in [1.29, 1.82) is 0 Å². The number of nitrogens with zero attached hydrogens (tertiary/aromatic N) is 2. The molecule has 0 aliphatic carbocycles. The molecule has 31 heavy (non-hydrogen) atoms. The van der Waals surface area contributed by atoms with Crippen LogP contribution < -0.4 is 0 Å². The van der Waals surface area contributed by atoms with Crippen LogP contribution in [-0.4, -0.2) is 9.55 Å². The zero-order valence-corrected chi connectivity index (χ0v) is 19.7. The van der Waals surface area contributed by atoms with Gasteiger partial charge in [0, 0.05) is 11.1 Å². The van der Waals surface area contributed by atoms with Crippen LogP contribution in [0.4, 0.5) is 0 Å². The third kappa shape index (κ3) is 3.83. The second-order valence-electron chi connectivity index (χ2n) is 9.64. The van der Waals surface area contributed by atoms with Gasteiger partial charge >= 0.3 is 0 Å². The minimum Gasteiger partial charge on any atom is -0.292 e. The van der Waals surface area contributed by atoms with Crippen LogP contribution in [-0.2, 0) is 5.41 Å². The normalized spacial score (nSPS) is 11.7. The number of rotatable bonds is 3. The highest BCUT2D eigenvalue weighted by molar-refractivity contribution is 5.75. The van der Waals surface area contributed by atoms with Gasteiger partial charge < -0.3 is 0 Å². The SMILES string of the molecule is Cc1cccc(C)c1-c1cnc(-c2ccccc2)n1-c1c(C)cc(C(C)(C)C)cc1C. The van der Waals surface area contributed by atoms with E-state index in [-0.39, 0.29) is 5.41 Å². The van der Waals surface area contributed by atoms with Crippen molar-refractivity contribution in [2.75, 3.05) is 0 Å². The average Bonchev–Trinajstić information content (AvgIpc) is 3.11. The third-order valence-corrected chi connectivity index (χ3v) is 6.11. The molecule has 0 saturated carbocycles. The van der Waals surface area contributed by atoms with Crippen molar-refractivity contribution in [1.82, 2.24) is 9.55 Å². The van der Waals surface area contributed by atoms with Crippen molar-refractivity contribution in [3.8, 4) is 28.3 Å². The number of benzene rings is 3. The summed E-state index contributed by atoms with van der Waals surface area (Å²) < 4.78 is 2.36. The first-order valence-corrected chi connectivity index (χ1v) is 11.0. The molecule has 2 heteroatoms. The van der Waals surface area contributed by atoms with E-state index < -0.39 is 0 Å². The largest absolute Gasteiger partial charge is 0.292 e. The fourth-order valence-corrected chi connectivity index (χ4v) is 4.51. The fourth-order valence-electron chi connectivity index (χ4n) is 4.51. The molecule has 3 aromatic carbocycles. The summed E-state index contributed by atoms with van der Waals surface area (Å²) in [6, 6.07) is 21.7. The number of aryl methyl sites for hydroxylation is 4. The summed E-state index contributed by atoms with van der Waals surface area (Å²) in [4.78, 5) is 4.94. The van der Waals surface area contributed by atoms with E-state index in [1.54, 1.807) is 0 Å². The lowest BCUT2D eigenvalue weighted by Gasteiger charge is -2.24. The molecule has 0 bridgehead atoms. The first-order chi connectivity index (χ1) is 14.7. The second kappa shape index (κ2) is 7.85. The molecule has 158 valence electrons. The molecule has 0 N–H and O–H groups in total. The van der Waals surface area contributed by atoms with Gasteiger partial charge in [0.25, 0.3) is 0 Å². The molecule has 0 unspecified atom stereocenters.